The molecule has 1 aromatic carbocycles. The Morgan fingerprint density at radius 2 is 1.86 bits per heavy atom. The molecule has 1 N–H and O–H groups in total. The minimum Gasteiger partial charge on any atom is -0.311 e. The summed E-state index contributed by atoms with van der Waals surface area (Å²) in [5.74, 6) is 0. The van der Waals surface area contributed by atoms with Gasteiger partial charge in [0.25, 0.3) is 0 Å². The van der Waals surface area contributed by atoms with Gasteiger partial charge in [0.1, 0.15) is 0 Å². The Morgan fingerprint density at radius 3 is 2.43 bits per heavy atom. The average Bonchev–Trinajstić information content (AvgIpc) is 2.76. The van der Waals surface area contributed by atoms with Crippen molar-refractivity contribution in [2.45, 2.75) is 55.6 Å². The normalized spacial score (nSPS) is 29.0. The molecule has 0 aliphatic carbocycles. The molecule has 4 nitrogen and oxygen atoms in total. The van der Waals surface area contributed by atoms with Crippen molar-refractivity contribution in [3.63, 3.8) is 0 Å². The Kier molecular flexibility index (Phi) is 4.03. The molecule has 3 rings (SSSR count). The molecule has 2 unspecified atom stereocenters. The maximum Gasteiger partial charge on any atom is 0.243 e. The molecule has 2 bridgehead atoms. The van der Waals surface area contributed by atoms with Crippen LogP contribution in [-0.2, 0) is 10.0 Å². The summed E-state index contributed by atoms with van der Waals surface area (Å²) in [6.07, 6.45) is 4.13. The second kappa shape index (κ2) is 5.54. The Morgan fingerprint density at radius 1 is 1.24 bits per heavy atom. The fourth-order valence-electron chi connectivity index (χ4n) is 3.58. The van der Waals surface area contributed by atoms with Crippen molar-refractivity contribution in [3.8, 4) is 0 Å². The quantitative estimate of drug-likeness (QED) is 0.927. The van der Waals surface area contributed by atoms with Crippen LogP contribution in [0.1, 0.15) is 31.2 Å². The van der Waals surface area contributed by atoms with Gasteiger partial charge in [-0.3, -0.25) is 0 Å². The van der Waals surface area contributed by atoms with Crippen LogP contribution in [-0.4, -0.2) is 37.9 Å². The third-order valence-corrected chi connectivity index (χ3v) is 7.06. The average molecular weight is 329 g/mol. The Bertz CT molecular complexity index is 635. The molecule has 2 heterocycles. The number of sulfonamides is 1. The Labute approximate surface area is 131 Å². The van der Waals surface area contributed by atoms with Crippen molar-refractivity contribution in [1.29, 1.82) is 0 Å². The minimum absolute atomic E-state index is 0.0869. The lowest BCUT2D eigenvalue weighted by Gasteiger charge is -2.35. The molecule has 2 fully saturated rings. The van der Waals surface area contributed by atoms with E-state index in [0.717, 1.165) is 25.7 Å². The maximum absolute atomic E-state index is 12.9. The zero-order valence-electron chi connectivity index (χ0n) is 12.3. The number of rotatable bonds is 3. The second-order valence-corrected chi connectivity index (χ2v) is 8.60. The van der Waals surface area contributed by atoms with Crippen molar-refractivity contribution in [2.75, 3.05) is 7.05 Å². The van der Waals surface area contributed by atoms with Crippen LogP contribution in [0.4, 0.5) is 0 Å². The zero-order valence-corrected chi connectivity index (χ0v) is 13.9. The van der Waals surface area contributed by atoms with Gasteiger partial charge < -0.3 is 5.32 Å². The van der Waals surface area contributed by atoms with E-state index in [1.807, 2.05) is 0 Å². The second-order valence-electron chi connectivity index (χ2n) is 6.19. The molecular formula is C15H21ClN2O2S. The molecule has 6 heteroatoms. The lowest BCUT2D eigenvalue weighted by atomic mass is 10.0. The van der Waals surface area contributed by atoms with Crippen LogP contribution in [0, 0.1) is 6.92 Å². The third kappa shape index (κ3) is 2.84. The van der Waals surface area contributed by atoms with Gasteiger partial charge in [-0.15, -0.1) is 0 Å². The number of hydrogen-bond acceptors (Lipinski definition) is 3. The van der Waals surface area contributed by atoms with Crippen molar-refractivity contribution >= 4 is 21.6 Å². The molecule has 116 valence electrons. The lowest BCUT2D eigenvalue weighted by Crippen LogP contribution is -2.48. The molecule has 2 aliphatic heterocycles. The van der Waals surface area contributed by atoms with Crippen molar-refractivity contribution in [1.82, 2.24) is 9.62 Å². The molecule has 0 spiro atoms. The van der Waals surface area contributed by atoms with Gasteiger partial charge in [0.2, 0.25) is 10.0 Å². The van der Waals surface area contributed by atoms with Crippen molar-refractivity contribution < 1.29 is 8.42 Å². The lowest BCUT2D eigenvalue weighted by molar-refractivity contribution is 0.251. The summed E-state index contributed by atoms with van der Waals surface area (Å²) in [6.45, 7) is 1.79. The monoisotopic (exact) mass is 328 g/mol. The van der Waals surface area contributed by atoms with Crippen LogP contribution >= 0.6 is 11.6 Å². The third-order valence-electron chi connectivity index (χ3n) is 4.76. The first-order valence-electron chi connectivity index (χ1n) is 7.38. The number of halogens is 1. The predicted octanol–water partition coefficient (Wildman–Crippen LogP) is 2.55. The van der Waals surface area contributed by atoms with Gasteiger partial charge in [-0.05, 0) is 56.4 Å². The first kappa shape index (κ1) is 15.3. The van der Waals surface area contributed by atoms with E-state index in [4.69, 9.17) is 11.6 Å². The van der Waals surface area contributed by atoms with E-state index >= 15 is 0 Å². The van der Waals surface area contributed by atoms with Gasteiger partial charge in [-0.25, -0.2) is 8.42 Å². The van der Waals surface area contributed by atoms with Crippen LogP contribution in [0.15, 0.2) is 23.1 Å². The topological polar surface area (TPSA) is 49.4 Å². The highest BCUT2D eigenvalue weighted by Gasteiger charge is 2.39. The van der Waals surface area contributed by atoms with E-state index < -0.39 is 10.0 Å². The molecule has 2 aliphatic rings. The standard InChI is InChI=1S/C15H21ClN2O2S/c1-10-7-11(16)3-6-15(10)21(19,20)18(2)14-8-12-4-5-13(9-14)17-12/h3,6-7,12-14,17H,4-5,8-9H2,1-2H3. The number of fused-ring (bicyclic) bond motifs is 2. The van der Waals surface area contributed by atoms with Gasteiger partial charge >= 0.3 is 0 Å². The molecule has 0 radical (unpaired) electrons. The fraction of sp³-hybridized carbons (Fsp3) is 0.600. The summed E-state index contributed by atoms with van der Waals surface area (Å²) in [6, 6.07) is 5.98. The molecule has 21 heavy (non-hydrogen) atoms. The number of hydrogen-bond donors (Lipinski definition) is 1. The summed E-state index contributed by atoms with van der Waals surface area (Å²) in [5, 5.41) is 4.11. The summed E-state index contributed by atoms with van der Waals surface area (Å²) >= 11 is 5.93. The molecule has 2 saturated heterocycles. The SMILES string of the molecule is Cc1cc(Cl)ccc1S(=O)(=O)N(C)C1CC2CCC(C1)N2. The van der Waals surface area contributed by atoms with E-state index in [0.29, 0.717) is 27.6 Å². The number of aryl methyl sites for hydroxylation is 1. The number of nitrogens with zero attached hydrogens (tertiary/aromatic N) is 1. The summed E-state index contributed by atoms with van der Waals surface area (Å²) in [7, 11) is -1.75. The summed E-state index contributed by atoms with van der Waals surface area (Å²) < 4.78 is 27.3. The van der Waals surface area contributed by atoms with Crippen LogP contribution < -0.4 is 5.32 Å². The van der Waals surface area contributed by atoms with E-state index in [9.17, 15) is 8.42 Å². The Hall–Kier alpha value is -0.620. The van der Waals surface area contributed by atoms with E-state index in [-0.39, 0.29) is 6.04 Å². The summed E-state index contributed by atoms with van der Waals surface area (Å²) in [4.78, 5) is 0.361. The first-order chi connectivity index (χ1) is 9.88. The van der Waals surface area contributed by atoms with E-state index in [2.05, 4.69) is 5.32 Å². The molecule has 0 saturated carbocycles. The van der Waals surface area contributed by atoms with Crippen LogP contribution in [0.2, 0.25) is 5.02 Å². The molecule has 1 aromatic rings. The number of benzene rings is 1. The highest BCUT2D eigenvalue weighted by molar-refractivity contribution is 7.89. The molecule has 2 atom stereocenters. The smallest absolute Gasteiger partial charge is 0.243 e. The Balaban J connectivity index is 1.87. The van der Waals surface area contributed by atoms with Crippen LogP contribution in [0.25, 0.3) is 0 Å². The zero-order chi connectivity index (χ0) is 15.2. The largest absolute Gasteiger partial charge is 0.311 e. The van der Waals surface area contributed by atoms with Crippen LogP contribution in [0.5, 0.6) is 0 Å². The van der Waals surface area contributed by atoms with Gasteiger partial charge in [0.15, 0.2) is 0 Å². The van der Waals surface area contributed by atoms with E-state index in [1.54, 1.807) is 36.5 Å². The number of nitrogens with one attached hydrogen (secondary N) is 1. The first-order valence-corrected chi connectivity index (χ1v) is 9.20. The molecule has 0 amide bonds. The highest BCUT2D eigenvalue weighted by atomic mass is 35.5. The minimum atomic E-state index is -3.46. The molecular weight excluding hydrogens is 308 g/mol. The van der Waals surface area contributed by atoms with Gasteiger partial charge in [0, 0.05) is 30.2 Å². The number of piperidine rings is 1. The van der Waals surface area contributed by atoms with E-state index in [1.165, 1.54) is 0 Å². The van der Waals surface area contributed by atoms with Gasteiger partial charge in [-0.2, -0.15) is 4.31 Å². The maximum atomic E-state index is 12.9. The van der Waals surface area contributed by atoms with Gasteiger partial charge in [0.05, 0.1) is 4.90 Å². The summed E-state index contributed by atoms with van der Waals surface area (Å²) in [5.41, 5.74) is 0.700. The van der Waals surface area contributed by atoms with Crippen molar-refractivity contribution in [3.05, 3.63) is 28.8 Å². The predicted molar refractivity (Wildman–Crippen MR) is 84.1 cm³/mol. The van der Waals surface area contributed by atoms with Gasteiger partial charge in [-0.1, -0.05) is 11.6 Å². The molecule has 0 aromatic heterocycles. The van der Waals surface area contributed by atoms with Crippen molar-refractivity contribution in [2.24, 2.45) is 0 Å². The fourth-order valence-corrected chi connectivity index (χ4v) is 5.39. The van der Waals surface area contributed by atoms with Crippen LogP contribution in [0.3, 0.4) is 0 Å². The highest BCUT2D eigenvalue weighted by Crippen LogP contribution is 2.32.